The SMILES string of the molecule is CCc1nnc(NC(=O)c2ccc(S(=O)(=O)N(C)C3CCCCC3)cc2)o1. The van der Waals surface area contributed by atoms with E-state index >= 15 is 0 Å². The molecule has 1 aromatic heterocycles. The summed E-state index contributed by atoms with van der Waals surface area (Å²) in [5, 5.41) is 10.0. The van der Waals surface area contributed by atoms with E-state index in [1.807, 2.05) is 6.92 Å². The van der Waals surface area contributed by atoms with E-state index < -0.39 is 15.9 Å². The van der Waals surface area contributed by atoms with E-state index in [9.17, 15) is 13.2 Å². The van der Waals surface area contributed by atoms with E-state index in [-0.39, 0.29) is 17.0 Å². The number of hydrogen-bond donors (Lipinski definition) is 1. The molecule has 1 aliphatic rings. The summed E-state index contributed by atoms with van der Waals surface area (Å²) in [6.07, 6.45) is 5.62. The Bertz CT molecular complexity index is 886. The molecule has 1 aliphatic carbocycles. The topological polar surface area (TPSA) is 105 Å². The number of aryl methyl sites for hydroxylation is 1. The lowest BCUT2D eigenvalue weighted by molar-refractivity contribution is 0.102. The summed E-state index contributed by atoms with van der Waals surface area (Å²) in [7, 11) is -1.95. The molecule has 8 nitrogen and oxygen atoms in total. The smallest absolute Gasteiger partial charge is 0.322 e. The van der Waals surface area contributed by atoms with Crippen LogP contribution >= 0.6 is 0 Å². The molecule has 1 aromatic carbocycles. The van der Waals surface area contributed by atoms with Crippen LogP contribution in [0, 0.1) is 0 Å². The van der Waals surface area contributed by atoms with Gasteiger partial charge in [-0.3, -0.25) is 10.1 Å². The highest BCUT2D eigenvalue weighted by molar-refractivity contribution is 7.89. The number of benzene rings is 1. The third-order valence-electron chi connectivity index (χ3n) is 4.87. The van der Waals surface area contributed by atoms with Crippen LogP contribution in [0.5, 0.6) is 0 Å². The maximum absolute atomic E-state index is 12.8. The minimum atomic E-state index is -3.58. The highest BCUT2D eigenvalue weighted by Crippen LogP contribution is 2.26. The molecule has 3 rings (SSSR count). The minimum absolute atomic E-state index is 0.0191. The van der Waals surface area contributed by atoms with E-state index in [0.717, 1.165) is 32.1 Å². The van der Waals surface area contributed by atoms with Gasteiger partial charge >= 0.3 is 6.01 Å². The molecule has 146 valence electrons. The lowest BCUT2D eigenvalue weighted by Gasteiger charge is -2.30. The van der Waals surface area contributed by atoms with Crippen LogP contribution in [0.2, 0.25) is 0 Å². The van der Waals surface area contributed by atoms with Crippen molar-refractivity contribution in [3.05, 3.63) is 35.7 Å². The lowest BCUT2D eigenvalue weighted by atomic mass is 9.96. The molecule has 1 N–H and O–H groups in total. The average molecular weight is 392 g/mol. The predicted octanol–water partition coefficient (Wildman–Crippen LogP) is 2.84. The van der Waals surface area contributed by atoms with Gasteiger partial charge in [0.05, 0.1) is 4.90 Å². The number of rotatable bonds is 6. The summed E-state index contributed by atoms with van der Waals surface area (Å²) in [6.45, 7) is 1.86. The number of nitrogens with zero attached hydrogens (tertiary/aromatic N) is 3. The summed E-state index contributed by atoms with van der Waals surface area (Å²) in [6, 6.07) is 5.92. The van der Waals surface area contributed by atoms with Crippen LogP contribution in [0.25, 0.3) is 0 Å². The van der Waals surface area contributed by atoms with E-state index in [4.69, 9.17) is 4.42 Å². The fourth-order valence-corrected chi connectivity index (χ4v) is 4.62. The quantitative estimate of drug-likeness (QED) is 0.810. The van der Waals surface area contributed by atoms with E-state index in [1.54, 1.807) is 7.05 Å². The fourth-order valence-electron chi connectivity index (χ4n) is 3.20. The van der Waals surface area contributed by atoms with Gasteiger partial charge in [-0.2, -0.15) is 4.31 Å². The van der Waals surface area contributed by atoms with Gasteiger partial charge in [0.1, 0.15) is 0 Å². The second-order valence-corrected chi connectivity index (χ2v) is 8.64. The molecule has 2 aromatic rings. The van der Waals surface area contributed by atoms with E-state index in [2.05, 4.69) is 15.5 Å². The minimum Gasteiger partial charge on any atom is -0.408 e. The maximum atomic E-state index is 12.8. The molecule has 0 aliphatic heterocycles. The third-order valence-corrected chi connectivity index (χ3v) is 6.80. The highest BCUT2D eigenvalue weighted by atomic mass is 32.2. The Kier molecular flexibility index (Phi) is 5.91. The molecule has 1 fully saturated rings. The molecule has 1 saturated carbocycles. The average Bonchev–Trinajstić information content (AvgIpc) is 3.15. The first-order valence-corrected chi connectivity index (χ1v) is 10.6. The molecule has 0 atom stereocenters. The van der Waals surface area contributed by atoms with Gasteiger partial charge in [-0.15, -0.1) is 5.10 Å². The molecule has 0 saturated heterocycles. The van der Waals surface area contributed by atoms with Gasteiger partial charge < -0.3 is 4.42 Å². The Labute approximate surface area is 159 Å². The van der Waals surface area contributed by atoms with Gasteiger partial charge in [0.15, 0.2) is 0 Å². The lowest BCUT2D eigenvalue weighted by Crippen LogP contribution is -2.38. The van der Waals surface area contributed by atoms with Crippen molar-refractivity contribution in [2.45, 2.75) is 56.4 Å². The Morgan fingerprint density at radius 2 is 1.85 bits per heavy atom. The number of nitrogens with one attached hydrogen (secondary N) is 1. The Hall–Kier alpha value is -2.26. The summed E-state index contributed by atoms with van der Waals surface area (Å²) >= 11 is 0. The molecule has 1 heterocycles. The van der Waals surface area contributed by atoms with Crippen molar-refractivity contribution in [1.29, 1.82) is 0 Å². The van der Waals surface area contributed by atoms with Crippen LogP contribution in [0.3, 0.4) is 0 Å². The fraction of sp³-hybridized carbons (Fsp3) is 0.500. The van der Waals surface area contributed by atoms with Gasteiger partial charge in [-0.05, 0) is 37.1 Å². The molecule has 9 heteroatoms. The molecule has 1 amide bonds. The number of aromatic nitrogens is 2. The summed E-state index contributed by atoms with van der Waals surface area (Å²) in [5.41, 5.74) is 0.311. The van der Waals surface area contributed by atoms with Crippen LogP contribution in [0.1, 0.15) is 55.3 Å². The van der Waals surface area contributed by atoms with E-state index in [0.29, 0.717) is 17.9 Å². The second kappa shape index (κ2) is 8.18. The number of hydrogen-bond acceptors (Lipinski definition) is 6. The first-order valence-electron chi connectivity index (χ1n) is 9.13. The van der Waals surface area contributed by atoms with Crippen molar-refractivity contribution in [3.63, 3.8) is 0 Å². The first-order chi connectivity index (χ1) is 12.9. The molecule has 27 heavy (non-hydrogen) atoms. The largest absolute Gasteiger partial charge is 0.408 e. The summed E-state index contributed by atoms with van der Waals surface area (Å²) in [4.78, 5) is 12.4. The van der Waals surface area contributed by atoms with Crippen molar-refractivity contribution in [2.75, 3.05) is 12.4 Å². The summed E-state index contributed by atoms with van der Waals surface area (Å²) < 4.78 is 32.4. The van der Waals surface area contributed by atoms with Crippen molar-refractivity contribution in [3.8, 4) is 0 Å². The standard InChI is InChI=1S/C18H24N4O4S/c1-3-16-20-21-18(26-16)19-17(23)13-9-11-15(12-10-13)27(24,25)22(2)14-7-5-4-6-8-14/h9-12,14H,3-8H2,1-2H3,(H,19,21,23). The van der Waals surface area contributed by atoms with E-state index in [1.165, 1.54) is 28.6 Å². The Morgan fingerprint density at radius 3 is 2.44 bits per heavy atom. The number of anilines is 1. The van der Waals surface area contributed by atoms with Crippen molar-refractivity contribution in [1.82, 2.24) is 14.5 Å². The van der Waals surface area contributed by atoms with Crippen molar-refractivity contribution >= 4 is 21.9 Å². The Balaban J connectivity index is 1.70. The van der Waals surface area contributed by atoms with Crippen LogP contribution in [0.4, 0.5) is 6.01 Å². The molecule has 0 spiro atoms. The zero-order valence-electron chi connectivity index (χ0n) is 15.5. The second-order valence-electron chi connectivity index (χ2n) is 6.65. The normalized spacial score (nSPS) is 15.8. The summed E-state index contributed by atoms with van der Waals surface area (Å²) in [5.74, 6) is -0.0108. The van der Waals surface area contributed by atoms with Gasteiger partial charge in [-0.25, -0.2) is 8.42 Å². The van der Waals surface area contributed by atoms with Crippen LogP contribution < -0.4 is 5.32 Å². The molecule has 0 radical (unpaired) electrons. The van der Waals surface area contributed by atoms with Crippen molar-refractivity contribution < 1.29 is 17.6 Å². The van der Waals surface area contributed by atoms with Crippen molar-refractivity contribution in [2.24, 2.45) is 0 Å². The monoisotopic (exact) mass is 392 g/mol. The zero-order valence-corrected chi connectivity index (χ0v) is 16.3. The number of carbonyl (C=O) groups is 1. The highest BCUT2D eigenvalue weighted by Gasteiger charge is 2.29. The zero-order chi connectivity index (χ0) is 19.4. The van der Waals surface area contributed by atoms with Crippen LogP contribution in [-0.4, -0.2) is 41.9 Å². The molecular formula is C18H24N4O4S. The molecule has 0 bridgehead atoms. The third kappa shape index (κ3) is 4.36. The first kappa shape index (κ1) is 19.5. The van der Waals surface area contributed by atoms with Crippen LogP contribution in [0.15, 0.2) is 33.6 Å². The van der Waals surface area contributed by atoms with Crippen LogP contribution in [-0.2, 0) is 16.4 Å². The number of amides is 1. The predicted molar refractivity (Wildman–Crippen MR) is 99.9 cm³/mol. The Morgan fingerprint density at radius 1 is 1.19 bits per heavy atom. The number of carbonyl (C=O) groups excluding carboxylic acids is 1. The molecular weight excluding hydrogens is 368 g/mol. The van der Waals surface area contributed by atoms with Gasteiger partial charge in [0.2, 0.25) is 15.9 Å². The maximum Gasteiger partial charge on any atom is 0.322 e. The number of sulfonamides is 1. The van der Waals surface area contributed by atoms with Gasteiger partial charge in [0, 0.05) is 25.1 Å². The van der Waals surface area contributed by atoms with Gasteiger partial charge in [-0.1, -0.05) is 31.3 Å². The van der Waals surface area contributed by atoms with Gasteiger partial charge in [0.25, 0.3) is 5.91 Å². The molecule has 0 unspecified atom stereocenters.